The van der Waals surface area contributed by atoms with Crippen molar-refractivity contribution in [1.82, 2.24) is 5.32 Å². The van der Waals surface area contributed by atoms with Crippen LogP contribution in [-0.4, -0.2) is 22.8 Å². The third kappa shape index (κ3) is 3.97. The Bertz CT molecular complexity index is 877. The third-order valence-corrected chi connectivity index (χ3v) is 4.12. The topological polar surface area (TPSA) is 127 Å². The highest BCUT2D eigenvalue weighted by atomic mass is 16.6. The summed E-state index contributed by atoms with van der Waals surface area (Å²) >= 11 is 0. The maximum absolute atomic E-state index is 12.3. The highest BCUT2D eigenvalue weighted by Gasteiger charge is 2.25. The molecule has 0 bridgehead atoms. The van der Waals surface area contributed by atoms with Crippen LogP contribution in [0.1, 0.15) is 39.1 Å². The van der Waals surface area contributed by atoms with Crippen molar-refractivity contribution in [2.75, 3.05) is 5.32 Å². The van der Waals surface area contributed by atoms with Gasteiger partial charge >= 0.3 is 0 Å². The predicted octanol–water partition coefficient (Wildman–Crippen LogP) is 2.20. The first-order chi connectivity index (χ1) is 12.5. The van der Waals surface area contributed by atoms with E-state index in [0.717, 1.165) is 18.9 Å². The fourth-order valence-electron chi connectivity index (χ4n) is 2.55. The molecule has 1 saturated carbocycles. The summed E-state index contributed by atoms with van der Waals surface area (Å²) < 4.78 is 0. The van der Waals surface area contributed by atoms with Crippen molar-refractivity contribution >= 4 is 23.2 Å². The maximum Gasteiger partial charge on any atom is 0.275 e. The van der Waals surface area contributed by atoms with Crippen LogP contribution in [-0.2, 0) is 6.54 Å². The van der Waals surface area contributed by atoms with E-state index in [9.17, 15) is 19.7 Å². The van der Waals surface area contributed by atoms with Gasteiger partial charge in [0.05, 0.1) is 10.5 Å². The van der Waals surface area contributed by atoms with Gasteiger partial charge in [-0.2, -0.15) is 0 Å². The number of nitro benzene ring substituents is 1. The van der Waals surface area contributed by atoms with Crippen LogP contribution in [0.25, 0.3) is 0 Å². The van der Waals surface area contributed by atoms with Crippen molar-refractivity contribution < 1.29 is 14.5 Å². The smallest absolute Gasteiger partial charge is 0.275 e. The Labute approximate surface area is 149 Å². The number of carbonyl (C=O) groups is 2. The number of nitro groups is 1. The zero-order chi connectivity index (χ0) is 18.7. The lowest BCUT2D eigenvalue weighted by atomic mass is 10.1. The van der Waals surface area contributed by atoms with Crippen molar-refractivity contribution in [2.45, 2.75) is 25.4 Å². The molecule has 0 spiro atoms. The molecule has 0 aliphatic heterocycles. The number of anilines is 1. The van der Waals surface area contributed by atoms with Crippen LogP contribution in [0, 0.1) is 10.1 Å². The van der Waals surface area contributed by atoms with Crippen LogP contribution in [0.5, 0.6) is 0 Å². The normalized spacial score (nSPS) is 13.1. The molecule has 0 aromatic heterocycles. The molecule has 0 heterocycles. The van der Waals surface area contributed by atoms with Gasteiger partial charge in [0, 0.05) is 35.5 Å². The number of nitrogens with zero attached hydrogens (tertiary/aromatic N) is 1. The average Bonchev–Trinajstić information content (AvgIpc) is 3.43. The molecule has 2 amide bonds. The first-order valence-corrected chi connectivity index (χ1v) is 8.16. The molecule has 8 heteroatoms. The van der Waals surface area contributed by atoms with Crippen LogP contribution in [0.2, 0.25) is 0 Å². The van der Waals surface area contributed by atoms with Gasteiger partial charge in [0.15, 0.2) is 0 Å². The molecule has 1 aliphatic rings. The SMILES string of the molecule is NC(=O)c1ccc(CNc2ccccc2C(=O)NC2CC2)c([N+](=O)[O-])c1. The number of amides is 2. The summed E-state index contributed by atoms with van der Waals surface area (Å²) in [6.07, 6.45) is 1.97. The van der Waals surface area contributed by atoms with E-state index >= 15 is 0 Å². The van der Waals surface area contributed by atoms with E-state index in [-0.39, 0.29) is 29.7 Å². The third-order valence-electron chi connectivity index (χ3n) is 4.12. The van der Waals surface area contributed by atoms with Crippen LogP contribution < -0.4 is 16.4 Å². The largest absolute Gasteiger partial charge is 0.380 e. The summed E-state index contributed by atoms with van der Waals surface area (Å²) in [4.78, 5) is 34.2. The standard InChI is InChI=1S/C18H18N4O4/c19-17(23)11-5-6-12(16(9-11)22(25)26)10-20-15-4-2-1-3-14(15)18(24)21-13-7-8-13/h1-6,9,13,20H,7-8,10H2,(H2,19,23)(H,21,24). The van der Waals surface area contributed by atoms with Crippen molar-refractivity contribution in [2.24, 2.45) is 5.73 Å². The second-order valence-electron chi connectivity index (χ2n) is 6.11. The van der Waals surface area contributed by atoms with Crippen molar-refractivity contribution in [3.63, 3.8) is 0 Å². The maximum atomic E-state index is 12.3. The molecule has 0 saturated heterocycles. The van der Waals surface area contributed by atoms with Gasteiger partial charge in [-0.25, -0.2) is 0 Å². The molecule has 1 aliphatic carbocycles. The van der Waals surface area contributed by atoms with E-state index in [2.05, 4.69) is 10.6 Å². The van der Waals surface area contributed by atoms with Crippen LogP contribution in [0.3, 0.4) is 0 Å². The predicted molar refractivity (Wildman–Crippen MR) is 95.9 cm³/mol. The van der Waals surface area contributed by atoms with Gasteiger partial charge in [-0.3, -0.25) is 19.7 Å². The van der Waals surface area contributed by atoms with E-state index in [1.54, 1.807) is 24.3 Å². The molecule has 2 aromatic rings. The Morgan fingerprint density at radius 2 is 1.92 bits per heavy atom. The van der Waals surface area contributed by atoms with Gasteiger partial charge in [-0.1, -0.05) is 12.1 Å². The number of rotatable bonds is 7. The van der Waals surface area contributed by atoms with Crippen LogP contribution >= 0.6 is 0 Å². The second kappa shape index (κ2) is 7.22. The summed E-state index contributed by atoms with van der Waals surface area (Å²) in [6, 6.07) is 11.3. The highest BCUT2D eigenvalue weighted by molar-refractivity contribution is 6.00. The molecular formula is C18H18N4O4. The molecule has 134 valence electrons. The number of hydrogen-bond donors (Lipinski definition) is 3. The molecule has 1 fully saturated rings. The Balaban J connectivity index is 1.80. The molecule has 0 unspecified atom stereocenters. The molecule has 4 N–H and O–H groups in total. The number of nitrogens with two attached hydrogens (primary N) is 1. The lowest BCUT2D eigenvalue weighted by Gasteiger charge is -2.12. The molecule has 0 atom stereocenters. The Morgan fingerprint density at radius 3 is 2.58 bits per heavy atom. The number of hydrogen-bond acceptors (Lipinski definition) is 5. The summed E-state index contributed by atoms with van der Waals surface area (Å²) in [7, 11) is 0. The van der Waals surface area contributed by atoms with E-state index in [1.165, 1.54) is 12.1 Å². The summed E-state index contributed by atoms with van der Waals surface area (Å²) in [6.45, 7) is 0.128. The van der Waals surface area contributed by atoms with Gasteiger partial charge < -0.3 is 16.4 Å². The van der Waals surface area contributed by atoms with Gasteiger partial charge in [0.1, 0.15) is 0 Å². The van der Waals surface area contributed by atoms with Gasteiger partial charge in [-0.05, 0) is 37.1 Å². The number of benzene rings is 2. The van der Waals surface area contributed by atoms with Crippen molar-refractivity contribution in [3.8, 4) is 0 Å². The number of nitrogens with one attached hydrogen (secondary N) is 2. The number of para-hydroxylation sites is 1. The van der Waals surface area contributed by atoms with E-state index in [4.69, 9.17) is 5.73 Å². The minimum absolute atomic E-state index is 0.0738. The minimum Gasteiger partial charge on any atom is -0.380 e. The van der Waals surface area contributed by atoms with Gasteiger partial charge in [0.2, 0.25) is 5.91 Å². The lowest BCUT2D eigenvalue weighted by molar-refractivity contribution is -0.385. The fourth-order valence-corrected chi connectivity index (χ4v) is 2.55. The number of carbonyl (C=O) groups excluding carboxylic acids is 2. The number of primary amides is 1. The van der Waals surface area contributed by atoms with E-state index in [0.29, 0.717) is 16.8 Å². The molecular weight excluding hydrogens is 336 g/mol. The molecule has 0 radical (unpaired) electrons. The highest BCUT2D eigenvalue weighted by Crippen LogP contribution is 2.24. The molecule has 2 aromatic carbocycles. The zero-order valence-electron chi connectivity index (χ0n) is 13.9. The zero-order valence-corrected chi connectivity index (χ0v) is 13.9. The summed E-state index contributed by atoms with van der Waals surface area (Å²) in [5.41, 5.74) is 6.50. The Kier molecular flexibility index (Phi) is 4.83. The van der Waals surface area contributed by atoms with Crippen molar-refractivity contribution in [3.05, 3.63) is 69.3 Å². The molecule has 26 heavy (non-hydrogen) atoms. The van der Waals surface area contributed by atoms with E-state index < -0.39 is 10.8 Å². The molecule has 3 rings (SSSR count). The fraction of sp³-hybridized carbons (Fsp3) is 0.222. The van der Waals surface area contributed by atoms with E-state index in [1.807, 2.05) is 0 Å². The Morgan fingerprint density at radius 1 is 1.19 bits per heavy atom. The van der Waals surface area contributed by atoms with Gasteiger partial charge in [-0.15, -0.1) is 0 Å². The summed E-state index contributed by atoms with van der Waals surface area (Å²) in [5.74, 6) is -0.899. The van der Waals surface area contributed by atoms with Crippen LogP contribution in [0.15, 0.2) is 42.5 Å². The minimum atomic E-state index is -0.727. The monoisotopic (exact) mass is 354 g/mol. The summed E-state index contributed by atoms with van der Waals surface area (Å²) in [5, 5.41) is 17.3. The second-order valence-corrected chi connectivity index (χ2v) is 6.11. The average molecular weight is 354 g/mol. The van der Waals surface area contributed by atoms with Gasteiger partial charge in [0.25, 0.3) is 11.6 Å². The Hall–Kier alpha value is -3.42. The first-order valence-electron chi connectivity index (χ1n) is 8.16. The first kappa shape index (κ1) is 17.4. The molecule has 8 nitrogen and oxygen atoms in total. The van der Waals surface area contributed by atoms with Crippen LogP contribution in [0.4, 0.5) is 11.4 Å². The lowest BCUT2D eigenvalue weighted by Crippen LogP contribution is -2.26. The van der Waals surface area contributed by atoms with Crippen molar-refractivity contribution in [1.29, 1.82) is 0 Å². The quantitative estimate of drug-likeness (QED) is 0.519.